The van der Waals surface area contributed by atoms with Crippen LogP contribution in [0.4, 0.5) is 13.2 Å². The summed E-state index contributed by atoms with van der Waals surface area (Å²) in [5, 5.41) is 9.00. The number of para-hydroxylation sites is 1. The third kappa shape index (κ3) is 5.98. The van der Waals surface area contributed by atoms with Crippen molar-refractivity contribution < 1.29 is 22.7 Å². The molecule has 0 saturated carbocycles. The minimum Gasteiger partial charge on any atom is -0.471 e. The van der Waals surface area contributed by atoms with Gasteiger partial charge in [-0.15, -0.1) is 0 Å². The number of hydrogen-bond donors (Lipinski definition) is 0. The zero-order chi connectivity index (χ0) is 27.6. The van der Waals surface area contributed by atoms with Crippen molar-refractivity contribution in [1.29, 1.82) is 0 Å². The highest BCUT2D eigenvalue weighted by molar-refractivity contribution is 5.92. The van der Waals surface area contributed by atoms with Crippen LogP contribution >= 0.6 is 0 Å². The van der Waals surface area contributed by atoms with Crippen molar-refractivity contribution in [3.8, 4) is 11.4 Å². The Labute approximate surface area is 224 Å². The van der Waals surface area contributed by atoms with Gasteiger partial charge in [0.1, 0.15) is 5.75 Å². The summed E-state index contributed by atoms with van der Waals surface area (Å²) < 4.78 is 47.5. The van der Waals surface area contributed by atoms with Gasteiger partial charge in [0.25, 0.3) is 5.91 Å². The van der Waals surface area contributed by atoms with Crippen LogP contribution in [0.25, 0.3) is 5.69 Å². The van der Waals surface area contributed by atoms with Gasteiger partial charge >= 0.3 is 6.18 Å². The molecule has 1 amide bonds. The van der Waals surface area contributed by atoms with E-state index in [-0.39, 0.29) is 24.1 Å². The number of piperazine rings is 1. The first-order chi connectivity index (χ1) is 18.7. The number of hydrogen-bond acceptors (Lipinski definition) is 5. The summed E-state index contributed by atoms with van der Waals surface area (Å²) >= 11 is 0. The van der Waals surface area contributed by atoms with Crippen LogP contribution in [0.5, 0.6) is 5.75 Å². The number of aryl methyl sites for hydroxylation is 1. The molecule has 2 aromatic heterocycles. The van der Waals surface area contributed by atoms with Crippen LogP contribution in [0.3, 0.4) is 0 Å². The molecule has 0 N–H and O–H groups in total. The molecule has 39 heavy (non-hydrogen) atoms. The average molecular weight is 539 g/mol. The van der Waals surface area contributed by atoms with Crippen LogP contribution in [-0.2, 0) is 19.5 Å². The number of aromatic nitrogens is 4. The standard InChI is InChI=1S/C28H29F3N6O2/c1-20-25(21(2)37(32-20)23-8-4-3-5-9-23)18-34-13-15-35(16-14-34)27(38)26-11-12-36(33-26)19-39-24-10-6-7-22(17-24)28(29,30)31/h3-12,17H,13-16,18-19H2,1-2H3. The molecule has 3 heterocycles. The first-order valence-corrected chi connectivity index (χ1v) is 12.6. The first kappa shape index (κ1) is 26.5. The molecule has 5 rings (SSSR count). The molecule has 204 valence electrons. The van der Waals surface area contributed by atoms with Gasteiger partial charge in [-0.1, -0.05) is 24.3 Å². The van der Waals surface area contributed by atoms with Gasteiger partial charge in [-0.2, -0.15) is 23.4 Å². The highest BCUT2D eigenvalue weighted by Gasteiger charge is 2.30. The number of alkyl halides is 3. The number of nitrogens with zero attached hydrogens (tertiary/aromatic N) is 6. The van der Waals surface area contributed by atoms with Gasteiger partial charge < -0.3 is 9.64 Å². The van der Waals surface area contributed by atoms with Crippen LogP contribution in [-0.4, -0.2) is 61.4 Å². The van der Waals surface area contributed by atoms with E-state index in [1.54, 1.807) is 17.2 Å². The summed E-state index contributed by atoms with van der Waals surface area (Å²) in [5.41, 5.74) is 3.80. The van der Waals surface area contributed by atoms with Crippen molar-refractivity contribution in [3.05, 3.63) is 95.1 Å². The summed E-state index contributed by atoms with van der Waals surface area (Å²) in [4.78, 5) is 17.1. The molecule has 1 aliphatic heterocycles. The van der Waals surface area contributed by atoms with Gasteiger partial charge in [0, 0.05) is 50.2 Å². The van der Waals surface area contributed by atoms with E-state index in [4.69, 9.17) is 9.84 Å². The van der Waals surface area contributed by atoms with Crippen molar-refractivity contribution in [2.75, 3.05) is 26.2 Å². The molecule has 0 aliphatic carbocycles. The van der Waals surface area contributed by atoms with Crippen molar-refractivity contribution >= 4 is 5.91 Å². The molecule has 8 nitrogen and oxygen atoms in total. The van der Waals surface area contributed by atoms with Gasteiger partial charge in [0.2, 0.25) is 0 Å². The number of ether oxygens (including phenoxy) is 1. The lowest BCUT2D eigenvalue weighted by Gasteiger charge is -2.34. The number of halogens is 3. The SMILES string of the molecule is Cc1nn(-c2ccccc2)c(C)c1CN1CCN(C(=O)c2ccn(COc3cccc(C(F)(F)F)c3)n2)CC1. The van der Waals surface area contributed by atoms with Gasteiger partial charge in [-0.25, -0.2) is 9.36 Å². The number of carbonyl (C=O) groups excluding carboxylic acids is 1. The normalized spacial score (nSPS) is 14.5. The van der Waals surface area contributed by atoms with E-state index in [1.807, 2.05) is 41.9 Å². The zero-order valence-corrected chi connectivity index (χ0v) is 21.7. The van der Waals surface area contributed by atoms with Crippen LogP contribution < -0.4 is 4.74 Å². The Morgan fingerprint density at radius 3 is 2.41 bits per heavy atom. The highest BCUT2D eigenvalue weighted by atomic mass is 19.4. The fourth-order valence-electron chi connectivity index (χ4n) is 4.67. The highest BCUT2D eigenvalue weighted by Crippen LogP contribution is 2.31. The second-order valence-corrected chi connectivity index (χ2v) is 9.50. The van der Waals surface area contributed by atoms with Crippen molar-refractivity contribution in [1.82, 2.24) is 29.4 Å². The van der Waals surface area contributed by atoms with E-state index < -0.39 is 11.7 Å². The van der Waals surface area contributed by atoms with Gasteiger partial charge in [0.05, 0.1) is 16.9 Å². The van der Waals surface area contributed by atoms with Crippen LogP contribution in [0.1, 0.15) is 33.0 Å². The molecular weight excluding hydrogens is 509 g/mol. The lowest BCUT2D eigenvalue weighted by atomic mass is 10.1. The topological polar surface area (TPSA) is 68.4 Å². The molecule has 1 aliphatic rings. The smallest absolute Gasteiger partial charge is 0.416 e. The fraction of sp³-hybridized carbons (Fsp3) is 0.321. The number of carbonyl (C=O) groups is 1. The predicted octanol–water partition coefficient (Wildman–Crippen LogP) is 4.70. The Bertz CT molecular complexity index is 1440. The summed E-state index contributed by atoms with van der Waals surface area (Å²) in [6, 6.07) is 16.3. The Hall–Kier alpha value is -4.12. The maximum absolute atomic E-state index is 13.0. The van der Waals surface area contributed by atoms with Crippen molar-refractivity contribution in [2.24, 2.45) is 0 Å². The molecule has 11 heteroatoms. The average Bonchev–Trinajstić information content (AvgIpc) is 3.52. The predicted molar refractivity (Wildman–Crippen MR) is 139 cm³/mol. The van der Waals surface area contributed by atoms with E-state index in [2.05, 4.69) is 16.9 Å². The van der Waals surface area contributed by atoms with Gasteiger partial charge in [0.15, 0.2) is 12.4 Å². The van der Waals surface area contributed by atoms with Gasteiger partial charge in [-0.05, 0) is 50.2 Å². The summed E-state index contributed by atoms with van der Waals surface area (Å²) in [7, 11) is 0. The zero-order valence-electron chi connectivity index (χ0n) is 21.7. The van der Waals surface area contributed by atoms with E-state index >= 15 is 0 Å². The van der Waals surface area contributed by atoms with Gasteiger partial charge in [-0.3, -0.25) is 9.69 Å². The summed E-state index contributed by atoms with van der Waals surface area (Å²) in [6.45, 7) is 7.32. The van der Waals surface area contributed by atoms with Crippen LogP contribution in [0, 0.1) is 13.8 Å². The second kappa shape index (κ2) is 10.9. The Balaban J connectivity index is 1.15. The third-order valence-electron chi connectivity index (χ3n) is 6.87. The largest absolute Gasteiger partial charge is 0.471 e. The summed E-state index contributed by atoms with van der Waals surface area (Å²) in [6.07, 6.45) is -2.87. The lowest BCUT2D eigenvalue weighted by molar-refractivity contribution is -0.137. The van der Waals surface area contributed by atoms with Crippen LogP contribution in [0.2, 0.25) is 0 Å². The van der Waals surface area contributed by atoms with E-state index in [1.165, 1.54) is 22.4 Å². The van der Waals surface area contributed by atoms with E-state index in [9.17, 15) is 18.0 Å². The first-order valence-electron chi connectivity index (χ1n) is 12.6. The van der Waals surface area contributed by atoms with Crippen LogP contribution in [0.15, 0.2) is 66.9 Å². The molecule has 4 aromatic rings. The minimum absolute atomic E-state index is 0.0732. The molecular formula is C28H29F3N6O2. The minimum atomic E-state index is -4.45. The monoisotopic (exact) mass is 538 g/mol. The second-order valence-electron chi connectivity index (χ2n) is 9.50. The molecule has 0 spiro atoms. The lowest BCUT2D eigenvalue weighted by Crippen LogP contribution is -2.48. The molecule has 1 fully saturated rings. The number of benzene rings is 2. The van der Waals surface area contributed by atoms with Crippen molar-refractivity contribution in [2.45, 2.75) is 33.3 Å². The fourth-order valence-corrected chi connectivity index (χ4v) is 4.67. The Morgan fingerprint density at radius 2 is 1.69 bits per heavy atom. The third-order valence-corrected chi connectivity index (χ3v) is 6.87. The van der Waals surface area contributed by atoms with Crippen molar-refractivity contribution in [3.63, 3.8) is 0 Å². The summed E-state index contributed by atoms with van der Waals surface area (Å²) in [5.74, 6) is -0.110. The molecule has 0 bridgehead atoms. The molecule has 2 aromatic carbocycles. The molecule has 0 radical (unpaired) electrons. The Morgan fingerprint density at radius 1 is 0.949 bits per heavy atom. The maximum Gasteiger partial charge on any atom is 0.416 e. The molecule has 1 saturated heterocycles. The number of amides is 1. The molecule has 0 unspecified atom stereocenters. The van der Waals surface area contributed by atoms with E-state index in [0.717, 1.165) is 48.8 Å². The number of rotatable bonds is 7. The maximum atomic E-state index is 13.0. The molecule has 0 atom stereocenters. The quantitative estimate of drug-likeness (QED) is 0.341. The van der Waals surface area contributed by atoms with E-state index in [0.29, 0.717) is 13.1 Å². The Kier molecular flexibility index (Phi) is 7.42.